The molecule has 3 fully saturated rings. The minimum atomic E-state index is -1.89. The average molecular weight is 819 g/mol. The molecule has 3 aliphatic rings. The third kappa shape index (κ3) is 13.5. The number of carbonyl (C=O) groups excluding carboxylic acids is 5. The number of fused-ring (bicyclic) bond motifs is 3. The summed E-state index contributed by atoms with van der Waals surface area (Å²) < 4.78 is 47.1. The van der Waals surface area contributed by atoms with E-state index < -0.39 is 116 Å². The maximum Gasteiger partial charge on any atom is 0.333 e. The normalized spacial score (nSPS) is 33.6. The molecule has 322 valence electrons. The summed E-state index contributed by atoms with van der Waals surface area (Å²) in [6, 6.07) is 8.84. The van der Waals surface area contributed by atoms with E-state index in [1.165, 1.54) is 26.0 Å². The highest BCUT2D eigenvalue weighted by molar-refractivity contribution is 5.89. The summed E-state index contributed by atoms with van der Waals surface area (Å²) in [6.07, 6.45) is -9.21. The third-order valence-corrected chi connectivity index (χ3v) is 10.2. The standard InChI is InChI=1S/C42H58O16/c1-6-14-28-17-12-9-13-18-30(53-26(5)43)29(44)20-22-32(45)51-23-31-37(56-33(46)21-19-27-15-10-8-11-16-27)38(57-40(50)24(3)7-2)36(49)41(55-31)58-39-35(48)34(47)25(4)52-42(39)54-28/h7-8,10-11,15-16,19,21,25,28,30-31,34-39,41-42,47-49H,6,9,12-14,17-18,20,22-23H2,1-5H3/b21-19+,24-7+/t25-,28+,30+,31-,34+,35+,36-,37+,38-,39-,41+,42+/m1/s1. The number of aliphatic hydroxyl groups is 3. The van der Waals surface area contributed by atoms with Gasteiger partial charge in [0.05, 0.1) is 18.6 Å². The number of Topliss-reactive ketones (excluding diaryl/α,β-unsaturated/α-hetero) is 1. The number of aliphatic hydroxyl groups excluding tert-OH is 3. The molecule has 0 spiro atoms. The van der Waals surface area contributed by atoms with Crippen LogP contribution in [0.1, 0.15) is 98.0 Å². The van der Waals surface area contributed by atoms with E-state index in [4.69, 9.17) is 37.9 Å². The van der Waals surface area contributed by atoms with E-state index in [2.05, 4.69) is 0 Å². The van der Waals surface area contributed by atoms with E-state index in [9.17, 15) is 39.3 Å². The first-order valence-electron chi connectivity index (χ1n) is 20.0. The molecule has 2 bridgehead atoms. The van der Waals surface area contributed by atoms with Crippen LogP contribution in [-0.2, 0) is 61.9 Å². The molecule has 3 heterocycles. The van der Waals surface area contributed by atoms with Crippen LogP contribution in [0.15, 0.2) is 48.1 Å². The summed E-state index contributed by atoms with van der Waals surface area (Å²) in [6.45, 7) is 7.16. The molecule has 0 saturated carbocycles. The monoisotopic (exact) mass is 818 g/mol. The van der Waals surface area contributed by atoms with E-state index in [0.717, 1.165) is 12.5 Å². The topological polar surface area (TPSA) is 220 Å². The quantitative estimate of drug-likeness (QED) is 0.194. The van der Waals surface area contributed by atoms with Gasteiger partial charge in [0.2, 0.25) is 0 Å². The SMILES string of the molecule is C/C=C(\C)C(=O)O[C@@H]1[C@@H](O)[C@@H]2O[C@H]3[C@H](O[C@@H](CCC)CCCCC[C@H](OC(C)=O)C(=O)CCC(=O)OC[C@@H](O2)[C@@H]1OC(=O)/C=C/c1ccccc1)O[C@H](C)[C@H](O)[C@@H]3O. The fourth-order valence-corrected chi connectivity index (χ4v) is 6.86. The van der Waals surface area contributed by atoms with Crippen molar-refractivity contribution in [3.05, 3.63) is 53.6 Å². The molecule has 0 aliphatic carbocycles. The summed E-state index contributed by atoms with van der Waals surface area (Å²) in [5.74, 6) is -3.75. The van der Waals surface area contributed by atoms with Crippen molar-refractivity contribution in [2.75, 3.05) is 6.61 Å². The largest absolute Gasteiger partial charge is 0.463 e. The molecule has 0 radical (unpaired) electrons. The van der Waals surface area contributed by atoms with Crippen molar-refractivity contribution >= 4 is 35.7 Å². The third-order valence-electron chi connectivity index (χ3n) is 10.2. The molecule has 4 rings (SSSR count). The molecule has 3 N–H and O–H groups in total. The van der Waals surface area contributed by atoms with Gasteiger partial charge in [0.1, 0.15) is 37.1 Å². The Morgan fingerprint density at radius 1 is 0.828 bits per heavy atom. The lowest BCUT2D eigenvalue weighted by atomic mass is 9.96. The van der Waals surface area contributed by atoms with Crippen molar-refractivity contribution in [3.8, 4) is 0 Å². The fraction of sp³-hybridized carbons (Fsp3) is 0.643. The van der Waals surface area contributed by atoms with Gasteiger partial charge in [-0.1, -0.05) is 62.6 Å². The van der Waals surface area contributed by atoms with Gasteiger partial charge in [-0.2, -0.15) is 0 Å². The lowest BCUT2D eigenvalue weighted by molar-refractivity contribution is -0.369. The van der Waals surface area contributed by atoms with Crippen LogP contribution in [0, 0.1) is 0 Å². The summed E-state index contributed by atoms with van der Waals surface area (Å²) >= 11 is 0. The first-order chi connectivity index (χ1) is 27.7. The maximum absolute atomic E-state index is 13.3. The van der Waals surface area contributed by atoms with E-state index in [1.807, 2.05) is 6.92 Å². The lowest BCUT2D eigenvalue weighted by Gasteiger charge is -2.47. The summed E-state index contributed by atoms with van der Waals surface area (Å²) in [4.78, 5) is 64.6. The smallest absolute Gasteiger partial charge is 0.333 e. The Morgan fingerprint density at radius 2 is 1.55 bits per heavy atom. The summed E-state index contributed by atoms with van der Waals surface area (Å²) in [5.41, 5.74) is 0.825. The van der Waals surface area contributed by atoms with E-state index in [1.54, 1.807) is 44.2 Å². The number of cyclic esters (lactones) is 1. The van der Waals surface area contributed by atoms with Crippen LogP contribution in [-0.4, -0.2) is 125 Å². The Kier molecular flexibility index (Phi) is 18.5. The van der Waals surface area contributed by atoms with Crippen LogP contribution in [0.5, 0.6) is 0 Å². The highest BCUT2D eigenvalue weighted by Crippen LogP contribution is 2.34. The van der Waals surface area contributed by atoms with Crippen LogP contribution in [0.2, 0.25) is 0 Å². The highest BCUT2D eigenvalue weighted by Gasteiger charge is 2.54. The Balaban J connectivity index is 1.73. The molecule has 0 unspecified atom stereocenters. The second kappa shape index (κ2) is 22.9. The Labute approximate surface area is 338 Å². The Bertz CT molecular complexity index is 1580. The molecule has 3 aliphatic heterocycles. The van der Waals surface area contributed by atoms with Crippen LogP contribution in [0.4, 0.5) is 0 Å². The van der Waals surface area contributed by atoms with Gasteiger partial charge in [0.25, 0.3) is 0 Å². The predicted octanol–water partition coefficient (Wildman–Crippen LogP) is 3.40. The van der Waals surface area contributed by atoms with Crippen molar-refractivity contribution in [1.82, 2.24) is 0 Å². The minimum Gasteiger partial charge on any atom is -0.463 e. The molecular weight excluding hydrogens is 760 g/mol. The number of rotatable bonds is 8. The average Bonchev–Trinajstić information content (AvgIpc) is 3.20. The zero-order chi connectivity index (χ0) is 42.4. The number of hydrogen-bond acceptors (Lipinski definition) is 16. The zero-order valence-electron chi connectivity index (χ0n) is 33.8. The second-order valence-corrected chi connectivity index (χ2v) is 14.7. The molecule has 1 aromatic carbocycles. The number of ketones is 1. The summed E-state index contributed by atoms with van der Waals surface area (Å²) in [5, 5.41) is 34.1. The van der Waals surface area contributed by atoms with Crippen LogP contribution >= 0.6 is 0 Å². The Morgan fingerprint density at radius 3 is 2.24 bits per heavy atom. The van der Waals surface area contributed by atoms with Gasteiger partial charge in [-0.05, 0) is 58.1 Å². The van der Waals surface area contributed by atoms with Crippen molar-refractivity contribution in [3.63, 3.8) is 0 Å². The van der Waals surface area contributed by atoms with Gasteiger partial charge in [-0.3, -0.25) is 14.4 Å². The van der Waals surface area contributed by atoms with Crippen molar-refractivity contribution in [1.29, 1.82) is 0 Å². The van der Waals surface area contributed by atoms with Gasteiger partial charge in [-0.15, -0.1) is 0 Å². The van der Waals surface area contributed by atoms with Gasteiger partial charge in [-0.25, -0.2) is 9.59 Å². The second-order valence-electron chi connectivity index (χ2n) is 14.7. The van der Waals surface area contributed by atoms with Gasteiger partial charge >= 0.3 is 23.9 Å². The molecular formula is C42H58O16. The number of hydrogen-bond donors (Lipinski definition) is 3. The number of ether oxygens (including phenoxy) is 8. The molecule has 58 heavy (non-hydrogen) atoms. The van der Waals surface area contributed by atoms with Gasteiger partial charge in [0, 0.05) is 25.0 Å². The van der Waals surface area contributed by atoms with Crippen LogP contribution < -0.4 is 0 Å². The predicted molar refractivity (Wildman–Crippen MR) is 204 cm³/mol. The minimum absolute atomic E-state index is 0.154. The molecule has 16 nitrogen and oxygen atoms in total. The first-order valence-corrected chi connectivity index (χ1v) is 20.0. The van der Waals surface area contributed by atoms with Crippen molar-refractivity contribution < 1.29 is 77.2 Å². The van der Waals surface area contributed by atoms with Crippen molar-refractivity contribution in [2.24, 2.45) is 0 Å². The van der Waals surface area contributed by atoms with E-state index in [-0.39, 0.29) is 18.4 Å². The lowest BCUT2D eigenvalue weighted by Crippen LogP contribution is -2.65. The number of esters is 4. The Hall–Kier alpha value is -4.03. The number of carbonyl (C=O) groups is 5. The number of allylic oxidation sites excluding steroid dienone is 1. The molecule has 1 aromatic rings. The maximum atomic E-state index is 13.3. The summed E-state index contributed by atoms with van der Waals surface area (Å²) in [7, 11) is 0. The van der Waals surface area contributed by atoms with Crippen LogP contribution in [0.25, 0.3) is 6.08 Å². The molecule has 16 heteroatoms. The highest BCUT2D eigenvalue weighted by atomic mass is 16.8. The fourth-order valence-electron chi connectivity index (χ4n) is 6.86. The number of benzene rings is 1. The molecule has 0 aromatic heterocycles. The van der Waals surface area contributed by atoms with Crippen molar-refractivity contribution in [2.45, 2.75) is 166 Å². The van der Waals surface area contributed by atoms with Gasteiger partial charge < -0.3 is 53.2 Å². The van der Waals surface area contributed by atoms with Gasteiger partial charge in [0.15, 0.2) is 36.7 Å². The van der Waals surface area contributed by atoms with E-state index in [0.29, 0.717) is 37.7 Å². The van der Waals surface area contributed by atoms with Crippen LogP contribution in [0.3, 0.4) is 0 Å². The first kappa shape index (κ1) is 46.7. The zero-order valence-corrected chi connectivity index (χ0v) is 33.8. The molecule has 3 saturated heterocycles. The molecule has 12 atom stereocenters. The van der Waals surface area contributed by atoms with E-state index >= 15 is 0 Å². The molecule has 0 amide bonds.